The Morgan fingerprint density at radius 3 is 2.59 bits per heavy atom. The molecule has 4 saturated carbocycles. The smallest absolute Gasteiger partial charge is 0.249 e. The minimum Gasteiger partial charge on any atom is -0.306 e. The molecule has 142 valence electrons. The lowest BCUT2D eigenvalue weighted by Gasteiger charge is -2.56. The van der Waals surface area contributed by atoms with E-state index in [1.807, 2.05) is 23.9 Å². The normalized spacial score (nSPS) is 31.7. The van der Waals surface area contributed by atoms with Crippen molar-refractivity contribution in [3.63, 3.8) is 0 Å². The first-order valence-corrected chi connectivity index (χ1v) is 10.2. The highest BCUT2D eigenvalue weighted by Crippen LogP contribution is 2.58. The van der Waals surface area contributed by atoms with Gasteiger partial charge in [0.05, 0.1) is 11.7 Å². The maximum atomic E-state index is 12.2. The van der Waals surface area contributed by atoms with Crippen LogP contribution in [0.25, 0.3) is 6.08 Å². The topological polar surface area (TPSA) is 64.7 Å². The van der Waals surface area contributed by atoms with E-state index in [0.717, 1.165) is 29.9 Å². The first kappa shape index (κ1) is 16.8. The quantitative estimate of drug-likeness (QED) is 0.822. The lowest BCUT2D eigenvalue weighted by Crippen LogP contribution is -2.52. The lowest BCUT2D eigenvalue weighted by molar-refractivity contribution is -0.111. The van der Waals surface area contributed by atoms with Crippen molar-refractivity contribution < 1.29 is 4.79 Å². The van der Waals surface area contributed by atoms with Crippen molar-refractivity contribution in [1.82, 2.24) is 19.6 Å². The van der Waals surface area contributed by atoms with Crippen molar-refractivity contribution in [2.45, 2.75) is 57.5 Å². The second kappa shape index (κ2) is 6.36. The predicted molar refractivity (Wildman–Crippen MR) is 104 cm³/mol. The van der Waals surface area contributed by atoms with E-state index in [0.29, 0.717) is 5.82 Å². The number of hydrogen-bond donors (Lipinski definition) is 1. The highest BCUT2D eigenvalue weighted by Gasteiger charge is 2.52. The average Bonchev–Trinajstić information content (AvgIpc) is 3.28. The van der Waals surface area contributed by atoms with E-state index in [4.69, 9.17) is 5.10 Å². The highest BCUT2D eigenvalue weighted by molar-refractivity contribution is 6.01. The van der Waals surface area contributed by atoms with Gasteiger partial charge in [-0.2, -0.15) is 10.2 Å². The number of nitrogens with one attached hydrogen (secondary N) is 1. The summed E-state index contributed by atoms with van der Waals surface area (Å²) in [6, 6.07) is 1.93. The van der Waals surface area contributed by atoms with E-state index in [2.05, 4.69) is 21.3 Å². The zero-order chi connectivity index (χ0) is 18.4. The third kappa shape index (κ3) is 3.11. The molecule has 4 aliphatic carbocycles. The number of nitrogens with zero attached hydrogens (tertiary/aromatic N) is 4. The summed E-state index contributed by atoms with van der Waals surface area (Å²) in [6.07, 6.45) is 17.1. The minimum absolute atomic E-state index is 0.157. The Morgan fingerprint density at radius 2 is 1.96 bits per heavy atom. The zero-order valence-electron chi connectivity index (χ0n) is 15.8. The largest absolute Gasteiger partial charge is 0.306 e. The van der Waals surface area contributed by atoms with E-state index in [9.17, 15) is 4.79 Å². The molecule has 6 heteroatoms. The Labute approximate surface area is 159 Å². The fourth-order valence-corrected chi connectivity index (χ4v) is 5.98. The number of hydrogen-bond acceptors (Lipinski definition) is 3. The fraction of sp³-hybridized carbons (Fsp3) is 0.571. The molecule has 0 spiro atoms. The van der Waals surface area contributed by atoms with Crippen molar-refractivity contribution >= 4 is 17.8 Å². The first-order valence-electron chi connectivity index (χ1n) is 10.2. The van der Waals surface area contributed by atoms with E-state index < -0.39 is 0 Å². The van der Waals surface area contributed by atoms with Crippen LogP contribution in [0, 0.1) is 17.8 Å². The first-order chi connectivity index (χ1) is 13.1. The molecular weight excluding hydrogens is 338 g/mol. The van der Waals surface area contributed by atoms with Gasteiger partial charge in [0.1, 0.15) is 0 Å². The van der Waals surface area contributed by atoms with Crippen LogP contribution in [0.1, 0.15) is 51.0 Å². The Balaban J connectivity index is 1.26. The van der Waals surface area contributed by atoms with Gasteiger partial charge in [-0.15, -0.1) is 0 Å². The van der Waals surface area contributed by atoms with Gasteiger partial charge < -0.3 is 5.32 Å². The molecule has 4 bridgehead atoms. The minimum atomic E-state index is -0.157. The van der Waals surface area contributed by atoms with Gasteiger partial charge in [-0.25, -0.2) is 0 Å². The molecule has 6 nitrogen and oxygen atoms in total. The van der Waals surface area contributed by atoms with Crippen LogP contribution in [0.15, 0.2) is 30.7 Å². The maximum Gasteiger partial charge on any atom is 0.249 e. The molecule has 27 heavy (non-hydrogen) atoms. The molecule has 2 aromatic rings. The summed E-state index contributed by atoms with van der Waals surface area (Å²) < 4.78 is 4.01. The number of amides is 1. The van der Waals surface area contributed by atoms with Crippen LogP contribution in [-0.4, -0.2) is 25.5 Å². The second-order valence-electron chi connectivity index (χ2n) is 8.74. The number of aromatic nitrogens is 4. The van der Waals surface area contributed by atoms with E-state index in [-0.39, 0.29) is 11.4 Å². The molecule has 0 saturated heterocycles. The summed E-state index contributed by atoms with van der Waals surface area (Å²) in [5, 5.41) is 11.9. The number of rotatable bonds is 5. The molecule has 1 N–H and O–H groups in total. The van der Waals surface area contributed by atoms with Crippen molar-refractivity contribution in [1.29, 1.82) is 0 Å². The van der Waals surface area contributed by atoms with Crippen molar-refractivity contribution in [2.24, 2.45) is 17.8 Å². The fourth-order valence-electron chi connectivity index (χ4n) is 5.98. The molecule has 0 aliphatic heterocycles. The summed E-state index contributed by atoms with van der Waals surface area (Å²) in [4.78, 5) is 12.2. The van der Waals surface area contributed by atoms with Crippen LogP contribution in [0.2, 0.25) is 0 Å². The Hall–Kier alpha value is -2.37. The molecule has 4 aliphatic rings. The van der Waals surface area contributed by atoms with Crippen molar-refractivity contribution in [3.05, 3.63) is 36.3 Å². The van der Waals surface area contributed by atoms with Gasteiger partial charge in [-0.05, 0) is 69.3 Å². The SMILES string of the molecule is CCn1cc(/C=C/C(=O)Nc2ccn(C34CC5CC(CC(C5)C3)C4)n2)cn1. The number of anilines is 1. The van der Waals surface area contributed by atoms with Crippen LogP contribution in [0.3, 0.4) is 0 Å². The van der Waals surface area contributed by atoms with E-state index in [1.165, 1.54) is 38.5 Å². The molecule has 0 atom stereocenters. The van der Waals surface area contributed by atoms with E-state index >= 15 is 0 Å². The molecule has 4 fully saturated rings. The van der Waals surface area contributed by atoms with Gasteiger partial charge in [-0.3, -0.25) is 14.2 Å². The molecular formula is C21H27N5O. The Kier molecular flexibility index (Phi) is 3.95. The maximum absolute atomic E-state index is 12.2. The molecule has 0 radical (unpaired) electrons. The van der Waals surface area contributed by atoms with Gasteiger partial charge in [0, 0.05) is 36.6 Å². The second-order valence-corrected chi connectivity index (χ2v) is 8.74. The van der Waals surface area contributed by atoms with Gasteiger partial charge >= 0.3 is 0 Å². The standard InChI is InChI=1S/C21H27N5O/c1-2-25-14-15(13-22-25)3-4-20(27)23-19-5-6-26(24-19)21-10-16-7-17(11-21)9-18(8-16)12-21/h3-6,13-14,16-18H,2,7-12H2,1H3,(H,23,24,27)/b4-3+. The van der Waals surface area contributed by atoms with Crippen LogP contribution in [0.4, 0.5) is 5.82 Å². The van der Waals surface area contributed by atoms with Crippen LogP contribution >= 0.6 is 0 Å². The monoisotopic (exact) mass is 365 g/mol. The van der Waals surface area contributed by atoms with Crippen molar-refractivity contribution in [3.8, 4) is 0 Å². The Bertz CT molecular complexity index is 841. The van der Waals surface area contributed by atoms with Crippen molar-refractivity contribution in [2.75, 3.05) is 5.32 Å². The third-order valence-corrected chi connectivity index (χ3v) is 6.74. The zero-order valence-corrected chi connectivity index (χ0v) is 15.8. The predicted octanol–water partition coefficient (Wildman–Crippen LogP) is 3.68. The van der Waals surface area contributed by atoms with Gasteiger partial charge in [0.15, 0.2) is 5.82 Å². The summed E-state index contributed by atoms with van der Waals surface area (Å²) in [7, 11) is 0. The molecule has 0 aromatic carbocycles. The molecule has 0 unspecified atom stereocenters. The van der Waals surface area contributed by atoms with Crippen LogP contribution in [0.5, 0.6) is 0 Å². The van der Waals surface area contributed by atoms with Crippen LogP contribution < -0.4 is 5.32 Å². The van der Waals surface area contributed by atoms with Crippen LogP contribution in [-0.2, 0) is 16.9 Å². The summed E-state index contributed by atoms with van der Waals surface area (Å²) >= 11 is 0. The lowest BCUT2D eigenvalue weighted by atomic mass is 9.53. The third-order valence-electron chi connectivity index (χ3n) is 6.74. The van der Waals surface area contributed by atoms with Gasteiger partial charge in [-0.1, -0.05) is 0 Å². The highest BCUT2D eigenvalue weighted by atomic mass is 16.1. The summed E-state index contributed by atoms with van der Waals surface area (Å²) in [6.45, 7) is 2.86. The number of carbonyl (C=O) groups is 1. The summed E-state index contributed by atoms with van der Waals surface area (Å²) in [5.74, 6) is 3.13. The average molecular weight is 365 g/mol. The molecule has 2 heterocycles. The molecule has 2 aromatic heterocycles. The molecule has 6 rings (SSSR count). The van der Waals surface area contributed by atoms with Gasteiger partial charge in [0.2, 0.25) is 5.91 Å². The molecule has 1 amide bonds. The number of carbonyl (C=O) groups excluding carboxylic acids is 1. The van der Waals surface area contributed by atoms with E-state index in [1.54, 1.807) is 18.3 Å². The Morgan fingerprint density at radius 1 is 1.26 bits per heavy atom. The van der Waals surface area contributed by atoms with Gasteiger partial charge in [0.25, 0.3) is 0 Å². The summed E-state index contributed by atoms with van der Waals surface area (Å²) in [5.41, 5.74) is 1.12. The number of aryl methyl sites for hydroxylation is 1.